The average molecular weight is 409 g/mol. The Hall–Kier alpha value is -2.45. The molecule has 8 heteroatoms. The summed E-state index contributed by atoms with van der Waals surface area (Å²) in [6.07, 6.45) is -0.718. The van der Waals surface area contributed by atoms with E-state index in [1.165, 1.54) is 46.8 Å². The lowest BCUT2D eigenvalue weighted by molar-refractivity contribution is -0.137. The topological polar surface area (TPSA) is 54.5 Å². The van der Waals surface area contributed by atoms with E-state index in [9.17, 15) is 26.4 Å². The Morgan fingerprint density at radius 2 is 1.57 bits per heavy atom. The first-order valence-electron chi connectivity index (χ1n) is 8.68. The number of hydrogen-bond donors (Lipinski definition) is 0. The molecule has 1 aliphatic rings. The number of allylic oxidation sites excluding steroid dienone is 1. The molecule has 0 amide bonds. The van der Waals surface area contributed by atoms with Crippen LogP contribution in [0, 0.1) is 0 Å². The predicted octanol–water partition coefficient (Wildman–Crippen LogP) is 4.39. The maximum Gasteiger partial charge on any atom is 0.416 e. The maximum absolute atomic E-state index is 13.0. The van der Waals surface area contributed by atoms with Gasteiger partial charge >= 0.3 is 6.18 Å². The van der Waals surface area contributed by atoms with E-state index in [0.717, 1.165) is 31.1 Å². The van der Waals surface area contributed by atoms with Crippen molar-refractivity contribution >= 4 is 21.9 Å². The summed E-state index contributed by atoms with van der Waals surface area (Å²) in [7, 11) is -3.58. The molecule has 2 aromatic rings. The van der Waals surface area contributed by atoms with E-state index < -0.39 is 27.5 Å². The number of carbonyl (C=O) groups is 1. The Morgan fingerprint density at radius 1 is 0.964 bits per heavy atom. The minimum absolute atomic E-state index is 0.0948. The van der Waals surface area contributed by atoms with Crippen LogP contribution in [0.15, 0.2) is 59.5 Å². The van der Waals surface area contributed by atoms with Gasteiger partial charge in [-0.2, -0.15) is 17.5 Å². The standard InChI is InChI=1S/C20H18F3NO3S/c21-20(22,23)18-6-2-1-5-15(18)9-12-19(25)16-7-10-17(11-8-16)28(26,27)24-13-3-4-14-24/h1-2,5-12H,3-4,13-14H2. The average Bonchev–Trinajstić information content (AvgIpc) is 3.21. The van der Waals surface area contributed by atoms with Gasteiger partial charge < -0.3 is 0 Å². The Labute approximate surface area is 161 Å². The van der Waals surface area contributed by atoms with E-state index in [4.69, 9.17) is 0 Å². The van der Waals surface area contributed by atoms with Gasteiger partial charge in [-0.3, -0.25) is 4.79 Å². The maximum atomic E-state index is 13.0. The quantitative estimate of drug-likeness (QED) is 0.544. The highest BCUT2D eigenvalue weighted by Crippen LogP contribution is 2.32. The van der Waals surface area contributed by atoms with Crippen LogP contribution in [0.3, 0.4) is 0 Å². The number of benzene rings is 2. The second kappa shape index (κ2) is 7.89. The molecular formula is C20H18F3NO3S. The Balaban J connectivity index is 1.78. The lowest BCUT2D eigenvalue weighted by Gasteiger charge is -2.15. The summed E-state index contributed by atoms with van der Waals surface area (Å²) in [6.45, 7) is 0.953. The summed E-state index contributed by atoms with van der Waals surface area (Å²) in [4.78, 5) is 12.4. The summed E-state index contributed by atoms with van der Waals surface area (Å²) < 4.78 is 65.4. The van der Waals surface area contributed by atoms with Gasteiger partial charge in [0.05, 0.1) is 10.5 Å². The highest BCUT2D eigenvalue weighted by molar-refractivity contribution is 7.89. The molecule has 1 fully saturated rings. The van der Waals surface area contributed by atoms with Crippen LogP contribution >= 0.6 is 0 Å². The first kappa shape index (κ1) is 20.3. The number of ketones is 1. The third-order valence-electron chi connectivity index (χ3n) is 4.52. The number of sulfonamides is 1. The molecule has 2 aromatic carbocycles. The molecule has 0 aliphatic carbocycles. The second-order valence-electron chi connectivity index (χ2n) is 6.42. The monoisotopic (exact) mass is 409 g/mol. The smallest absolute Gasteiger partial charge is 0.289 e. The molecule has 3 rings (SSSR count). The van der Waals surface area contributed by atoms with Crippen LogP contribution in [0.1, 0.15) is 34.3 Å². The molecule has 28 heavy (non-hydrogen) atoms. The number of carbonyl (C=O) groups excluding carboxylic acids is 1. The van der Waals surface area contributed by atoms with Gasteiger partial charge in [0.25, 0.3) is 0 Å². The molecule has 1 aliphatic heterocycles. The highest BCUT2D eigenvalue weighted by Gasteiger charge is 2.32. The normalized spacial score (nSPS) is 16.0. The Kier molecular flexibility index (Phi) is 5.71. The van der Waals surface area contributed by atoms with Crippen molar-refractivity contribution in [1.82, 2.24) is 4.31 Å². The highest BCUT2D eigenvalue weighted by atomic mass is 32.2. The van der Waals surface area contributed by atoms with Crippen molar-refractivity contribution in [2.24, 2.45) is 0 Å². The molecule has 0 aromatic heterocycles. The zero-order chi connectivity index (χ0) is 20.4. The molecule has 1 saturated heterocycles. The van der Waals surface area contributed by atoms with Crippen LogP contribution in [0.25, 0.3) is 6.08 Å². The molecule has 0 unspecified atom stereocenters. The number of rotatable bonds is 5. The SMILES string of the molecule is O=C(C=Cc1ccccc1C(F)(F)F)c1ccc(S(=O)(=O)N2CCCC2)cc1. The molecule has 4 nitrogen and oxygen atoms in total. The van der Waals surface area contributed by atoms with Gasteiger partial charge in [0, 0.05) is 18.7 Å². The lowest BCUT2D eigenvalue weighted by atomic mass is 10.0. The molecular weight excluding hydrogens is 391 g/mol. The fourth-order valence-corrected chi connectivity index (χ4v) is 4.55. The van der Waals surface area contributed by atoms with Crippen molar-refractivity contribution in [2.75, 3.05) is 13.1 Å². The number of alkyl halides is 3. The number of halogens is 3. The second-order valence-corrected chi connectivity index (χ2v) is 8.36. The summed E-state index contributed by atoms with van der Waals surface area (Å²) >= 11 is 0. The van der Waals surface area contributed by atoms with Gasteiger partial charge in [0.2, 0.25) is 10.0 Å². The Morgan fingerprint density at radius 3 is 2.18 bits per heavy atom. The van der Waals surface area contributed by atoms with Gasteiger partial charge in [-0.15, -0.1) is 0 Å². The van der Waals surface area contributed by atoms with Crippen LogP contribution in [0.2, 0.25) is 0 Å². The van der Waals surface area contributed by atoms with Gasteiger partial charge in [0.1, 0.15) is 0 Å². The molecule has 0 saturated carbocycles. The fraction of sp³-hybridized carbons (Fsp3) is 0.250. The van der Waals surface area contributed by atoms with E-state index in [0.29, 0.717) is 13.1 Å². The van der Waals surface area contributed by atoms with Gasteiger partial charge in [0.15, 0.2) is 5.78 Å². The molecule has 0 bridgehead atoms. The van der Waals surface area contributed by atoms with E-state index in [-0.39, 0.29) is 16.0 Å². The number of nitrogens with zero attached hydrogens (tertiary/aromatic N) is 1. The Bertz CT molecular complexity index is 990. The largest absolute Gasteiger partial charge is 0.416 e. The van der Waals surface area contributed by atoms with Crippen molar-refractivity contribution in [3.05, 3.63) is 71.3 Å². The van der Waals surface area contributed by atoms with Crippen LogP contribution in [-0.2, 0) is 16.2 Å². The van der Waals surface area contributed by atoms with Crippen LogP contribution in [0.4, 0.5) is 13.2 Å². The predicted molar refractivity (Wildman–Crippen MR) is 99.2 cm³/mol. The zero-order valence-electron chi connectivity index (χ0n) is 14.8. The fourth-order valence-electron chi connectivity index (χ4n) is 3.03. The minimum atomic E-state index is -4.52. The van der Waals surface area contributed by atoms with Gasteiger partial charge in [-0.05, 0) is 54.8 Å². The van der Waals surface area contributed by atoms with E-state index in [1.807, 2.05) is 0 Å². The molecule has 0 atom stereocenters. The first-order chi connectivity index (χ1) is 13.2. The van der Waals surface area contributed by atoms with E-state index in [2.05, 4.69) is 0 Å². The summed E-state index contributed by atoms with van der Waals surface area (Å²) in [5, 5.41) is 0. The van der Waals surface area contributed by atoms with Crippen molar-refractivity contribution < 1.29 is 26.4 Å². The third kappa shape index (κ3) is 4.34. The molecule has 0 N–H and O–H groups in total. The van der Waals surface area contributed by atoms with E-state index in [1.54, 1.807) is 0 Å². The van der Waals surface area contributed by atoms with Crippen molar-refractivity contribution in [2.45, 2.75) is 23.9 Å². The lowest BCUT2D eigenvalue weighted by Crippen LogP contribution is -2.27. The molecule has 0 spiro atoms. The first-order valence-corrected chi connectivity index (χ1v) is 10.1. The van der Waals surface area contributed by atoms with Crippen LogP contribution in [-0.4, -0.2) is 31.6 Å². The third-order valence-corrected chi connectivity index (χ3v) is 6.43. The zero-order valence-corrected chi connectivity index (χ0v) is 15.6. The molecule has 0 radical (unpaired) electrons. The van der Waals surface area contributed by atoms with Crippen molar-refractivity contribution in [3.8, 4) is 0 Å². The van der Waals surface area contributed by atoms with Crippen molar-refractivity contribution in [3.63, 3.8) is 0 Å². The minimum Gasteiger partial charge on any atom is -0.289 e. The van der Waals surface area contributed by atoms with Gasteiger partial charge in [-0.25, -0.2) is 8.42 Å². The van der Waals surface area contributed by atoms with Crippen molar-refractivity contribution in [1.29, 1.82) is 0 Å². The summed E-state index contributed by atoms with van der Waals surface area (Å²) in [5.41, 5.74) is -0.746. The van der Waals surface area contributed by atoms with E-state index >= 15 is 0 Å². The van der Waals surface area contributed by atoms with Crippen LogP contribution < -0.4 is 0 Å². The summed E-state index contributed by atoms with van der Waals surface area (Å²) in [5.74, 6) is -0.512. The van der Waals surface area contributed by atoms with Crippen LogP contribution in [0.5, 0.6) is 0 Å². The summed E-state index contributed by atoms with van der Waals surface area (Å²) in [6, 6.07) is 10.4. The number of hydrogen-bond acceptors (Lipinski definition) is 3. The molecule has 1 heterocycles. The molecule has 148 valence electrons. The van der Waals surface area contributed by atoms with Gasteiger partial charge in [-0.1, -0.05) is 24.3 Å².